The Morgan fingerprint density at radius 1 is 0.750 bits per heavy atom. The Morgan fingerprint density at radius 3 is 1.81 bits per heavy atom. The van der Waals surface area contributed by atoms with Gasteiger partial charge in [-0.1, -0.05) is 137 Å². The van der Waals surface area contributed by atoms with Crippen molar-refractivity contribution in [1.29, 1.82) is 0 Å². The van der Waals surface area contributed by atoms with Gasteiger partial charge in [-0.15, -0.1) is 0 Å². The van der Waals surface area contributed by atoms with Gasteiger partial charge in [0, 0.05) is 16.7 Å². The Bertz CT molecular complexity index is 1010. The maximum absolute atomic E-state index is 6.67. The molecule has 1 fully saturated rings. The molecule has 1 saturated heterocycles. The number of nitrogens with one attached hydrogen (secondary N) is 1. The molecule has 3 aromatic rings. The Balaban J connectivity index is 1.63. The van der Waals surface area contributed by atoms with Crippen LogP contribution in [0.5, 0.6) is 0 Å². The van der Waals surface area contributed by atoms with E-state index >= 15 is 0 Å². The van der Waals surface area contributed by atoms with E-state index in [-0.39, 0.29) is 13.2 Å². The predicted octanol–water partition coefficient (Wildman–Crippen LogP) is 6.39. The molecule has 0 aromatic heterocycles. The van der Waals surface area contributed by atoms with Gasteiger partial charge in [-0.2, -0.15) is 0 Å². The van der Waals surface area contributed by atoms with Crippen molar-refractivity contribution < 1.29 is 14.2 Å². The number of hydrogen-bond acceptors (Lipinski definition) is 4. The van der Waals surface area contributed by atoms with Gasteiger partial charge >= 0.3 is 0 Å². The molecular weight excluding hydrogens is 492 g/mol. The average Bonchev–Trinajstić information content (AvgIpc) is 2.80. The molecule has 1 aliphatic heterocycles. The first-order valence-corrected chi connectivity index (χ1v) is 11.5. The van der Waals surface area contributed by atoms with E-state index in [0.717, 1.165) is 5.56 Å². The van der Waals surface area contributed by atoms with E-state index in [1.165, 1.54) is 0 Å². The Labute approximate surface area is 207 Å². The summed E-state index contributed by atoms with van der Waals surface area (Å²) in [5, 5.41) is 3.33. The third-order valence-corrected chi connectivity index (χ3v) is 6.23. The van der Waals surface area contributed by atoms with Gasteiger partial charge < -0.3 is 14.2 Å². The summed E-state index contributed by atoms with van der Waals surface area (Å²) in [6, 6.07) is 27.6. The number of morpholine rings is 1. The van der Waals surface area contributed by atoms with Crippen LogP contribution in [-0.2, 0) is 29.0 Å². The molecule has 4 rings (SSSR count). The van der Waals surface area contributed by atoms with Crippen LogP contribution >= 0.6 is 46.4 Å². The molecule has 1 unspecified atom stereocenters. The number of halogens is 4. The summed E-state index contributed by atoms with van der Waals surface area (Å²) in [4.78, 5) is 0. The van der Waals surface area contributed by atoms with Crippen LogP contribution in [0.4, 0.5) is 0 Å². The maximum Gasteiger partial charge on any atom is 0.246 e. The number of hydrogen-bond donors (Lipinski definition) is 1. The minimum absolute atomic E-state index is 0.133. The van der Waals surface area contributed by atoms with Crippen molar-refractivity contribution in [1.82, 2.24) is 5.32 Å². The second-order valence-electron chi connectivity index (χ2n) is 7.33. The van der Waals surface area contributed by atoms with E-state index in [1.54, 1.807) is 24.3 Å². The lowest BCUT2D eigenvalue weighted by molar-refractivity contribution is -0.227. The lowest BCUT2D eigenvalue weighted by Crippen LogP contribution is -2.61. The topological polar surface area (TPSA) is 39.7 Å². The molecule has 0 amide bonds. The molecule has 4 nitrogen and oxygen atoms in total. The molecule has 0 radical (unpaired) electrons. The van der Waals surface area contributed by atoms with E-state index in [9.17, 15) is 0 Å². The van der Waals surface area contributed by atoms with Gasteiger partial charge in [0.25, 0.3) is 0 Å². The first-order valence-electron chi connectivity index (χ1n) is 9.96. The first-order chi connectivity index (χ1) is 15.3. The Hall–Kier alpha value is -1.34. The Kier molecular flexibility index (Phi) is 7.35. The summed E-state index contributed by atoms with van der Waals surface area (Å²) in [5.74, 6) is 0. The van der Waals surface area contributed by atoms with Gasteiger partial charge in [0.2, 0.25) is 9.04 Å². The molecule has 1 N–H and O–H groups in total. The van der Waals surface area contributed by atoms with Crippen molar-refractivity contribution in [2.75, 3.05) is 13.2 Å². The highest BCUT2D eigenvalue weighted by atomic mass is 35.5. The molecule has 2 atom stereocenters. The normalized spacial score (nSPS) is 21.9. The van der Waals surface area contributed by atoms with Crippen molar-refractivity contribution >= 4 is 46.4 Å². The zero-order chi connectivity index (χ0) is 22.7. The van der Waals surface area contributed by atoms with Gasteiger partial charge in [0.05, 0.1) is 13.2 Å². The lowest BCUT2D eigenvalue weighted by atomic mass is 10.0. The fraction of sp³-hybridized carbons (Fsp3) is 0.250. The zero-order valence-electron chi connectivity index (χ0n) is 16.9. The predicted molar refractivity (Wildman–Crippen MR) is 128 cm³/mol. The average molecular weight is 513 g/mol. The minimum atomic E-state index is -1.67. The molecule has 168 valence electrons. The van der Waals surface area contributed by atoms with E-state index < -0.39 is 21.0 Å². The number of rotatable bonds is 7. The molecule has 0 aliphatic carbocycles. The number of ether oxygens (including phenoxy) is 3. The summed E-state index contributed by atoms with van der Waals surface area (Å²) in [6.45, 7) is 0.322. The van der Waals surface area contributed by atoms with Crippen LogP contribution in [0.2, 0.25) is 0 Å². The first kappa shape index (κ1) is 23.8. The second kappa shape index (κ2) is 9.88. The van der Waals surface area contributed by atoms with Crippen LogP contribution < -0.4 is 5.32 Å². The summed E-state index contributed by atoms with van der Waals surface area (Å²) in [6.07, 6.45) is -0.723. The molecule has 3 aromatic carbocycles. The van der Waals surface area contributed by atoms with Gasteiger partial charge in [-0.3, -0.25) is 5.32 Å². The number of benzene rings is 3. The summed E-state index contributed by atoms with van der Waals surface area (Å²) in [7, 11) is 0. The Morgan fingerprint density at radius 2 is 1.25 bits per heavy atom. The van der Waals surface area contributed by atoms with Gasteiger partial charge in [-0.05, 0) is 0 Å². The van der Waals surface area contributed by atoms with Gasteiger partial charge in [-0.25, -0.2) is 0 Å². The lowest BCUT2D eigenvalue weighted by Gasteiger charge is -2.45. The van der Waals surface area contributed by atoms with Crippen molar-refractivity contribution in [2.24, 2.45) is 0 Å². The van der Waals surface area contributed by atoms with Crippen molar-refractivity contribution in [3.8, 4) is 0 Å². The highest BCUT2D eigenvalue weighted by molar-refractivity contribution is 6.47. The van der Waals surface area contributed by atoms with Crippen molar-refractivity contribution in [3.05, 3.63) is 108 Å². The quantitative estimate of drug-likeness (QED) is 0.372. The molecule has 1 heterocycles. The molecule has 0 saturated carbocycles. The van der Waals surface area contributed by atoms with Crippen LogP contribution in [0.25, 0.3) is 0 Å². The van der Waals surface area contributed by atoms with E-state index in [2.05, 4.69) is 5.32 Å². The monoisotopic (exact) mass is 511 g/mol. The standard InChI is InChI=1S/C24H21Cl4NO3/c25-23(26,19-12-6-2-7-13-19)31-21-16-30-17-22(29-21,18-10-4-1-5-11-18)32-24(27,28)20-14-8-3-9-15-20/h1-15,21,29H,16-17H2/t21?,22-/m1/s1. The van der Waals surface area contributed by atoms with Gasteiger partial charge in [0.15, 0.2) is 5.72 Å². The molecule has 32 heavy (non-hydrogen) atoms. The fourth-order valence-electron chi connectivity index (χ4n) is 3.50. The minimum Gasteiger partial charge on any atom is -0.372 e. The third kappa shape index (κ3) is 5.41. The SMILES string of the molecule is ClC(Cl)(OC1COC[C@@](OC(Cl)(Cl)c2ccccc2)(c2ccccc2)N1)c1ccccc1. The van der Waals surface area contributed by atoms with Crippen molar-refractivity contribution in [2.45, 2.75) is 21.0 Å². The molecular formula is C24H21Cl4NO3. The molecule has 0 bridgehead atoms. The maximum atomic E-state index is 6.67. The second-order valence-corrected chi connectivity index (χ2v) is 9.84. The summed E-state index contributed by atoms with van der Waals surface area (Å²) >= 11 is 26.4. The van der Waals surface area contributed by atoms with Gasteiger partial charge in [0.1, 0.15) is 6.23 Å². The summed E-state index contributed by atoms with van der Waals surface area (Å²) < 4.78 is 14.9. The molecule has 8 heteroatoms. The van der Waals surface area contributed by atoms with Crippen LogP contribution in [0, 0.1) is 0 Å². The van der Waals surface area contributed by atoms with E-state index in [4.69, 9.17) is 60.6 Å². The van der Waals surface area contributed by atoms with Crippen LogP contribution in [0.15, 0.2) is 91.0 Å². The molecule has 0 spiro atoms. The smallest absolute Gasteiger partial charge is 0.246 e. The highest BCUT2D eigenvalue weighted by Gasteiger charge is 2.48. The zero-order valence-corrected chi connectivity index (χ0v) is 19.9. The fourth-order valence-corrected chi connectivity index (χ4v) is 4.48. The van der Waals surface area contributed by atoms with E-state index in [0.29, 0.717) is 11.1 Å². The number of alkyl halides is 4. The largest absolute Gasteiger partial charge is 0.372 e. The van der Waals surface area contributed by atoms with Crippen LogP contribution in [0.1, 0.15) is 16.7 Å². The van der Waals surface area contributed by atoms with Crippen LogP contribution in [-0.4, -0.2) is 19.4 Å². The van der Waals surface area contributed by atoms with Crippen molar-refractivity contribution in [3.63, 3.8) is 0 Å². The van der Waals surface area contributed by atoms with E-state index in [1.807, 2.05) is 66.7 Å². The summed E-state index contributed by atoms with van der Waals surface area (Å²) in [5.41, 5.74) is 0.695. The molecule has 1 aliphatic rings. The highest BCUT2D eigenvalue weighted by Crippen LogP contribution is 2.44. The third-order valence-electron chi connectivity index (χ3n) is 5.02. The van der Waals surface area contributed by atoms with Crippen LogP contribution in [0.3, 0.4) is 0 Å².